The molecule has 0 spiro atoms. The first kappa shape index (κ1) is 46.1. The smallest absolute Gasteiger partial charge is 0.373 e. The number of hydrogen-bond donors (Lipinski definition) is 3. The fraction of sp³-hybridized carbons (Fsp3) is 0.487. The number of ether oxygens (including phenoxy) is 4. The average Bonchev–Trinajstić information content (AvgIpc) is 3.92. The highest BCUT2D eigenvalue weighted by Gasteiger charge is 2.52. The van der Waals surface area contributed by atoms with E-state index in [-0.39, 0.29) is 37.6 Å². The second-order valence-electron chi connectivity index (χ2n) is 14.1. The molecule has 1 aliphatic carbocycles. The fourth-order valence-electron chi connectivity index (χ4n) is 5.42. The molecule has 3 N–H and O–H groups in total. The molecule has 1 aliphatic rings. The lowest BCUT2D eigenvalue weighted by Crippen LogP contribution is -2.43. The van der Waals surface area contributed by atoms with Crippen LogP contribution in [-0.4, -0.2) is 78.2 Å². The van der Waals surface area contributed by atoms with E-state index >= 15 is 0 Å². The number of benzene rings is 2. The molecule has 0 unspecified atom stereocenters. The molecule has 0 saturated heterocycles. The number of amides is 1. The van der Waals surface area contributed by atoms with Crippen LogP contribution in [0.25, 0.3) is 6.08 Å². The minimum absolute atomic E-state index is 0.00293. The van der Waals surface area contributed by atoms with Crippen LogP contribution in [0.4, 0.5) is 0 Å². The predicted octanol–water partition coefficient (Wildman–Crippen LogP) is 6.93. The lowest BCUT2D eigenvalue weighted by atomic mass is 9.87. The van der Waals surface area contributed by atoms with Gasteiger partial charge in [-0.3, -0.25) is 9.59 Å². The number of nitrogens with one attached hydrogen (secondary N) is 2. The summed E-state index contributed by atoms with van der Waals surface area (Å²) in [6.07, 6.45) is 6.08. The maximum Gasteiger partial charge on any atom is 0.373 e. The molecule has 1 amide bonds. The third kappa shape index (κ3) is 16.4. The molecule has 1 saturated carbocycles. The number of rotatable bonds is 21. The Hall–Kier alpha value is -3.26. The zero-order valence-corrected chi connectivity index (χ0v) is 34.6. The van der Waals surface area contributed by atoms with Crippen LogP contribution >= 0.6 is 46.4 Å². The molecule has 0 heterocycles. The summed E-state index contributed by atoms with van der Waals surface area (Å²) in [5.74, 6) is -2.63. The summed E-state index contributed by atoms with van der Waals surface area (Å²) < 4.78 is 20.3. The number of hydrogen-bond acceptors (Lipinski definition) is 10. The number of halogens is 4. The molecule has 4 atom stereocenters. The van der Waals surface area contributed by atoms with Gasteiger partial charge in [0, 0.05) is 25.3 Å². The molecule has 300 valence electrons. The molecule has 1 fully saturated rings. The molecule has 16 heteroatoms. The predicted molar refractivity (Wildman–Crippen MR) is 216 cm³/mol. The van der Waals surface area contributed by atoms with Crippen molar-refractivity contribution in [3.05, 3.63) is 82.9 Å². The third-order valence-electron chi connectivity index (χ3n) is 8.74. The van der Waals surface area contributed by atoms with Gasteiger partial charge in [-0.15, -0.1) is 0 Å². The Morgan fingerprint density at radius 2 is 1.71 bits per heavy atom. The van der Waals surface area contributed by atoms with E-state index in [1.807, 2.05) is 63.3 Å². The summed E-state index contributed by atoms with van der Waals surface area (Å²) in [4.78, 5) is 53.3. The van der Waals surface area contributed by atoms with E-state index in [0.29, 0.717) is 29.2 Å². The summed E-state index contributed by atoms with van der Waals surface area (Å²) in [7, 11) is 0.668. The molecular formula is C39H49BCl4N2O9. The molecule has 0 radical (unpaired) electrons. The summed E-state index contributed by atoms with van der Waals surface area (Å²) in [5, 5.41) is 15.5. The van der Waals surface area contributed by atoms with Gasteiger partial charge in [0.1, 0.15) is 24.5 Å². The van der Waals surface area contributed by atoms with Crippen LogP contribution in [0.3, 0.4) is 0 Å². The first-order chi connectivity index (χ1) is 25.9. The molecule has 2 aromatic carbocycles. The monoisotopic (exact) mass is 840 g/mol. The van der Waals surface area contributed by atoms with Crippen LogP contribution in [0, 0.1) is 17.3 Å². The Labute approximate surface area is 343 Å². The minimum atomic E-state index is -1.87. The zero-order valence-electron chi connectivity index (χ0n) is 31.6. The second-order valence-corrected chi connectivity index (χ2v) is 17.0. The second kappa shape index (κ2) is 21.9. The number of carbonyl (C=O) groups excluding carboxylic acids is 4. The van der Waals surface area contributed by atoms with E-state index in [0.717, 1.165) is 5.56 Å². The van der Waals surface area contributed by atoms with E-state index in [1.54, 1.807) is 25.0 Å². The Morgan fingerprint density at radius 3 is 2.29 bits per heavy atom. The van der Waals surface area contributed by atoms with Gasteiger partial charge < -0.3 is 34.5 Å². The molecule has 0 aliphatic heterocycles. The van der Waals surface area contributed by atoms with E-state index in [4.69, 9.17) is 65.4 Å². The Bertz CT molecular complexity index is 1650. The van der Waals surface area contributed by atoms with Gasteiger partial charge in [0.05, 0.1) is 17.5 Å². The van der Waals surface area contributed by atoms with Crippen molar-refractivity contribution in [2.45, 2.75) is 81.7 Å². The summed E-state index contributed by atoms with van der Waals surface area (Å²) in [6, 6.07) is 13.3. The van der Waals surface area contributed by atoms with Crippen LogP contribution in [0.2, 0.25) is 11.8 Å². The van der Waals surface area contributed by atoms with Crippen molar-refractivity contribution in [3.8, 4) is 5.75 Å². The SMILES string of the molecule is COc1ccc(C[C@@H](NC(=O)/C=C/C[C@H](OC(=O)[C@H](CC(C)C)OC(=O)C2(CNB(C)O)CC2)[C@H](C)/C=C/c2ccccc2)C(=O)OCC(Cl)(Cl)Cl)cc1Cl. The van der Waals surface area contributed by atoms with E-state index < -0.39 is 64.9 Å². The molecule has 11 nitrogen and oxygen atoms in total. The van der Waals surface area contributed by atoms with E-state index in [2.05, 4.69) is 10.5 Å². The molecule has 2 aromatic rings. The van der Waals surface area contributed by atoms with Crippen LogP contribution in [0.1, 0.15) is 57.6 Å². The standard InChI is InChI=1S/C39H49BCl4N2O9/c1-25(2)20-33(55-37(50)38(18-19-38)23-45-40(4)51)36(49)54-31(26(3)14-15-27-10-7-6-8-11-27)12-9-13-34(47)46-30(35(48)53-24-39(42,43)44)22-28-16-17-32(52-5)29(41)21-28/h6-11,13-17,21,25-26,30-31,33,45,51H,12,18-20,22-24H2,1-5H3,(H,46,47)/b13-9+,15-14+/t26-,30-,31+,33+/m1/s1. The van der Waals surface area contributed by atoms with E-state index in [9.17, 15) is 24.2 Å². The summed E-state index contributed by atoms with van der Waals surface area (Å²) in [6.45, 7) is 6.92. The van der Waals surface area contributed by atoms with Gasteiger partial charge in [-0.1, -0.05) is 122 Å². The average molecular weight is 842 g/mol. The van der Waals surface area contributed by atoms with Crippen LogP contribution in [0.5, 0.6) is 5.75 Å². The number of esters is 3. The maximum atomic E-state index is 13.7. The minimum Gasteiger partial charge on any atom is -0.495 e. The highest BCUT2D eigenvalue weighted by Crippen LogP contribution is 2.46. The summed E-state index contributed by atoms with van der Waals surface area (Å²) >= 11 is 23.6. The van der Waals surface area contributed by atoms with E-state index in [1.165, 1.54) is 19.3 Å². The van der Waals surface area contributed by atoms with Crippen molar-refractivity contribution in [2.24, 2.45) is 17.3 Å². The first-order valence-electron chi connectivity index (χ1n) is 18.0. The quantitative estimate of drug-likeness (QED) is 0.0397. The maximum absolute atomic E-state index is 13.7. The van der Waals surface area contributed by atoms with Crippen LogP contribution < -0.4 is 15.3 Å². The molecule has 55 heavy (non-hydrogen) atoms. The topological polar surface area (TPSA) is 149 Å². The van der Waals surface area contributed by atoms with Crippen molar-refractivity contribution in [2.75, 3.05) is 20.3 Å². The van der Waals surface area contributed by atoms with Gasteiger partial charge in [-0.2, -0.15) is 0 Å². The Morgan fingerprint density at radius 1 is 1.02 bits per heavy atom. The van der Waals surface area contributed by atoms with Crippen molar-refractivity contribution < 1.29 is 43.1 Å². The van der Waals surface area contributed by atoms with Gasteiger partial charge >= 0.3 is 25.0 Å². The van der Waals surface area contributed by atoms with Crippen molar-refractivity contribution in [1.82, 2.24) is 10.5 Å². The number of methoxy groups -OCH3 is 1. The highest BCUT2D eigenvalue weighted by atomic mass is 35.6. The highest BCUT2D eigenvalue weighted by molar-refractivity contribution is 6.67. The van der Waals surface area contributed by atoms with Crippen molar-refractivity contribution in [1.29, 1.82) is 0 Å². The molecule has 3 rings (SSSR count). The Balaban J connectivity index is 1.79. The third-order valence-corrected chi connectivity index (χ3v) is 9.36. The Kier molecular flexibility index (Phi) is 18.4. The number of alkyl halides is 3. The normalized spacial score (nSPS) is 15.9. The van der Waals surface area contributed by atoms with Gasteiger partial charge in [0.15, 0.2) is 6.10 Å². The van der Waals surface area contributed by atoms with Crippen LogP contribution in [-0.2, 0) is 39.8 Å². The van der Waals surface area contributed by atoms with Crippen molar-refractivity contribution >= 4 is 83.3 Å². The summed E-state index contributed by atoms with van der Waals surface area (Å²) in [5.41, 5.74) is 0.728. The van der Waals surface area contributed by atoms with Gasteiger partial charge in [0.25, 0.3) is 0 Å². The largest absolute Gasteiger partial charge is 0.495 e. The molecular weight excluding hydrogens is 793 g/mol. The zero-order chi connectivity index (χ0) is 40.8. The lowest BCUT2D eigenvalue weighted by molar-refractivity contribution is -0.176. The van der Waals surface area contributed by atoms with Crippen molar-refractivity contribution in [3.63, 3.8) is 0 Å². The fourth-order valence-corrected chi connectivity index (χ4v) is 5.86. The molecule has 0 bridgehead atoms. The van der Waals surface area contributed by atoms with Gasteiger partial charge in [-0.25, -0.2) is 9.59 Å². The molecule has 0 aromatic heterocycles. The number of carbonyl (C=O) groups is 4. The van der Waals surface area contributed by atoms with Crippen LogP contribution in [0.15, 0.2) is 66.8 Å². The van der Waals surface area contributed by atoms with Gasteiger partial charge in [-0.05, 0) is 61.3 Å². The van der Waals surface area contributed by atoms with Gasteiger partial charge in [0.2, 0.25) is 9.70 Å². The lowest BCUT2D eigenvalue weighted by Gasteiger charge is -2.26. The first-order valence-corrected chi connectivity index (χ1v) is 19.5.